The first-order valence-electron chi connectivity index (χ1n) is 9.26. The first kappa shape index (κ1) is 20.5. The molecule has 2 aromatic heterocycles. The van der Waals surface area contributed by atoms with Gasteiger partial charge in [-0.3, -0.25) is 14.2 Å². The van der Waals surface area contributed by atoms with Crippen molar-refractivity contribution in [3.8, 4) is 0 Å². The average Bonchev–Trinajstić information content (AvgIpc) is 3.23. The molecule has 0 aromatic carbocycles. The molecule has 1 aliphatic heterocycles. The largest absolute Gasteiger partial charge is 0.322 e. The van der Waals surface area contributed by atoms with Gasteiger partial charge < -0.3 is 5.32 Å². The van der Waals surface area contributed by atoms with Crippen LogP contribution in [0.3, 0.4) is 0 Å². The highest BCUT2D eigenvalue weighted by Gasteiger charge is 2.41. The molecule has 2 atom stereocenters. The molecule has 0 aliphatic carbocycles. The predicted octanol–water partition coefficient (Wildman–Crippen LogP) is 1.21. The van der Waals surface area contributed by atoms with E-state index in [0.29, 0.717) is 18.7 Å². The quantitative estimate of drug-likeness (QED) is 0.770. The standard InChI is InChI=1S/C17H27N7O3S/c1-6-23-10-14(12(4)20-23)15-7-16(22(5)28(26,27)21-15)17(25)19-13-8-18-24(9-13)11(2)3/h8-11,15-16,21H,6-7H2,1-5H3,(H,19,25). The minimum absolute atomic E-state index is 0.162. The van der Waals surface area contributed by atoms with Gasteiger partial charge in [-0.05, 0) is 34.1 Å². The van der Waals surface area contributed by atoms with Gasteiger partial charge in [-0.1, -0.05) is 0 Å². The van der Waals surface area contributed by atoms with Crippen LogP contribution in [0.15, 0.2) is 18.6 Å². The van der Waals surface area contributed by atoms with Crippen molar-refractivity contribution < 1.29 is 13.2 Å². The highest BCUT2D eigenvalue weighted by Crippen LogP contribution is 2.30. The molecule has 2 unspecified atom stereocenters. The number of anilines is 1. The van der Waals surface area contributed by atoms with Gasteiger partial charge >= 0.3 is 0 Å². The van der Waals surface area contributed by atoms with Crippen molar-refractivity contribution in [3.63, 3.8) is 0 Å². The van der Waals surface area contributed by atoms with E-state index in [-0.39, 0.29) is 11.9 Å². The molecule has 0 saturated carbocycles. The molecule has 11 heteroatoms. The van der Waals surface area contributed by atoms with Crippen LogP contribution in [-0.2, 0) is 21.5 Å². The SMILES string of the molecule is CCn1cc(C2CC(C(=O)Nc3cnn(C(C)C)c3)N(C)S(=O)(=O)N2)c(C)n1. The third-order valence-electron chi connectivity index (χ3n) is 4.95. The molecule has 3 heterocycles. The highest BCUT2D eigenvalue weighted by atomic mass is 32.2. The smallest absolute Gasteiger partial charge is 0.280 e. The number of aromatic nitrogens is 4. The summed E-state index contributed by atoms with van der Waals surface area (Å²) in [6, 6.07) is -1.20. The minimum Gasteiger partial charge on any atom is -0.322 e. The summed E-state index contributed by atoms with van der Waals surface area (Å²) < 4.78 is 32.4. The van der Waals surface area contributed by atoms with Crippen LogP contribution >= 0.6 is 0 Å². The van der Waals surface area contributed by atoms with Crippen LogP contribution in [0.1, 0.15) is 50.5 Å². The fraction of sp³-hybridized carbons (Fsp3) is 0.588. The van der Waals surface area contributed by atoms with E-state index >= 15 is 0 Å². The lowest BCUT2D eigenvalue weighted by molar-refractivity contribution is -0.120. The van der Waals surface area contributed by atoms with Gasteiger partial charge in [0.25, 0.3) is 10.2 Å². The van der Waals surface area contributed by atoms with Gasteiger partial charge in [-0.25, -0.2) is 0 Å². The van der Waals surface area contributed by atoms with Crippen molar-refractivity contribution >= 4 is 21.8 Å². The minimum atomic E-state index is -3.80. The van der Waals surface area contributed by atoms with E-state index in [0.717, 1.165) is 15.6 Å². The lowest BCUT2D eigenvalue weighted by Gasteiger charge is -2.35. The number of hydrogen-bond acceptors (Lipinski definition) is 5. The van der Waals surface area contributed by atoms with E-state index in [1.165, 1.54) is 7.05 Å². The molecule has 0 radical (unpaired) electrons. The number of hydrogen-bond donors (Lipinski definition) is 2. The van der Waals surface area contributed by atoms with E-state index in [1.54, 1.807) is 21.8 Å². The normalized spacial score (nSPS) is 22.5. The fourth-order valence-electron chi connectivity index (χ4n) is 3.26. The molecular weight excluding hydrogens is 382 g/mol. The van der Waals surface area contributed by atoms with Crippen LogP contribution in [0.5, 0.6) is 0 Å². The Morgan fingerprint density at radius 2 is 2.11 bits per heavy atom. The monoisotopic (exact) mass is 409 g/mol. The predicted molar refractivity (Wildman–Crippen MR) is 105 cm³/mol. The van der Waals surface area contributed by atoms with Gasteiger partial charge in [0, 0.05) is 37.6 Å². The molecule has 1 aliphatic rings. The van der Waals surface area contributed by atoms with Crippen molar-refractivity contribution in [1.29, 1.82) is 0 Å². The summed E-state index contributed by atoms with van der Waals surface area (Å²) in [5.41, 5.74) is 2.06. The number of nitrogens with one attached hydrogen (secondary N) is 2. The van der Waals surface area contributed by atoms with Crippen LogP contribution in [-0.4, -0.2) is 51.3 Å². The number of likely N-dealkylation sites (N-methyl/N-ethyl adjacent to an activating group) is 1. The Kier molecular flexibility index (Phi) is 5.60. The molecule has 0 bridgehead atoms. The Hall–Kier alpha value is -2.24. The van der Waals surface area contributed by atoms with Gasteiger partial charge in [0.1, 0.15) is 6.04 Å². The molecule has 3 rings (SSSR count). The first-order chi connectivity index (χ1) is 13.1. The van der Waals surface area contributed by atoms with Gasteiger partial charge in [-0.2, -0.15) is 27.6 Å². The molecule has 10 nitrogen and oxygen atoms in total. The third-order valence-corrected chi connectivity index (χ3v) is 6.55. The second kappa shape index (κ2) is 7.64. The maximum Gasteiger partial charge on any atom is 0.280 e. The molecule has 0 spiro atoms. The van der Waals surface area contributed by atoms with Gasteiger partial charge in [0.15, 0.2) is 0 Å². The summed E-state index contributed by atoms with van der Waals surface area (Å²) >= 11 is 0. The number of nitrogens with zero attached hydrogens (tertiary/aromatic N) is 5. The first-order valence-corrected chi connectivity index (χ1v) is 10.7. The maximum absolute atomic E-state index is 12.9. The summed E-state index contributed by atoms with van der Waals surface area (Å²) in [4.78, 5) is 12.9. The molecule has 28 heavy (non-hydrogen) atoms. The molecule has 2 aromatic rings. The summed E-state index contributed by atoms with van der Waals surface area (Å²) in [7, 11) is -2.40. The average molecular weight is 410 g/mol. The fourth-order valence-corrected chi connectivity index (χ4v) is 4.53. The van der Waals surface area contributed by atoms with Gasteiger partial charge in [-0.15, -0.1) is 0 Å². The van der Waals surface area contributed by atoms with E-state index in [2.05, 4.69) is 20.2 Å². The zero-order valence-corrected chi connectivity index (χ0v) is 17.6. The molecule has 154 valence electrons. The molecular formula is C17H27N7O3S. The number of carbonyl (C=O) groups excluding carboxylic acids is 1. The van der Waals surface area contributed by atoms with Crippen LogP contribution in [0.2, 0.25) is 0 Å². The Labute approximate surface area is 165 Å². The van der Waals surface area contributed by atoms with Crippen LogP contribution in [0.4, 0.5) is 5.69 Å². The van der Waals surface area contributed by atoms with E-state index < -0.39 is 22.3 Å². The second-order valence-electron chi connectivity index (χ2n) is 7.26. The molecule has 1 saturated heterocycles. The zero-order chi connectivity index (χ0) is 20.6. The Morgan fingerprint density at radius 3 is 2.68 bits per heavy atom. The van der Waals surface area contributed by atoms with Crippen LogP contribution in [0, 0.1) is 6.92 Å². The highest BCUT2D eigenvalue weighted by molar-refractivity contribution is 7.87. The van der Waals surface area contributed by atoms with Crippen molar-refractivity contribution in [2.75, 3.05) is 12.4 Å². The molecule has 1 fully saturated rings. The lowest BCUT2D eigenvalue weighted by atomic mass is 10.00. The second-order valence-corrected chi connectivity index (χ2v) is 9.02. The number of amides is 1. The van der Waals surface area contributed by atoms with Crippen LogP contribution in [0.25, 0.3) is 0 Å². The van der Waals surface area contributed by atoms with E-state index in [9.17, 15) is 13.2 Å². The zero-order valence-electron chi connectivity index (χ0n) is 16.7. The summed E-state index contributed by atoms with van der Waals surface area (Å²) in [6.07, 6.45) is 5.41. The topological polar surface area (TPSA) is 114 Å². The lowest BCUT2D eigenvalue weighted by Crippen LogP contribution is -2.56. The van der Waals surface area contributed by atoms with Crippen molar-refractivity contribution in [3.05, 3.63) is 29.8 Å². The van der Waals surface area contributed by atoms with E-state index in [1.807, 2.05) is 33.9 Å². The van der Waals surface area contributed by atoms with Crippen molar-refractivity contribution in [2.45, 2.75) is 58.8 Å². The van der Waals surface area contributed by atoms with Gasteiger partial charge in [0.2, 0.25) is 5.91 Å². The number of carbonyl (C=O) groups is 1. The van der Waals surface area contributed by atoms with Crippen molar-refractivity contribution in [1.82, 2.24) is 28.6 Å². The Balaban J connectivity index is 1.83. The van der Waals surface area contributed by atoms with Gasteiger partial charge in [0.05, 0.1) is 23.6 Å². The van der Waals surface area contributed by atoms with Crippen molar-refractivity contribution in [2.24, 2.45) is 0 Å². The van der Waals surface area contributed by atoms with Crippen LogP contribution < -0.4 is 10.0 Å². The maximum atomic E-state index is 12.9. The summed E-state index contributed by atoms with van der Waals surface area (Å²) in [6.45, 7) is 8.44. The third kappa shape index (κ3) is 3.96. The van der Waals surface area contributed by atoms with E-state index in [4.69, 9.17) is 0 Å². The number of rotatable bonds is 5. The summed E-state index contributed by atoms with van der Waals surface area (Å²) in [5, 5.41) is 11.4. The Bertz CT molecular complexity index is 963. The molecule has 1 amide bonds. The number of aryl methyl sites for hydroxylation is 2. The summed E-state index contributed by atoms with van der Waals surface area (Å²) in [5.74, 6) is -0.388. The molecule has 2 N–H and O–H groups in total. The Morgan fingerprint density at radius 1 is 1.39 bits per heavy atom.